The predicted molar refractivity (Wildman–Crippen MR) is 162 cm³/mol. The van der Waals surface area contributed by atoms with Crippen LogP contribution in [0.4, 0.5) is 26.3 Å². The maximum atomic E-state index is 14.4. The summed E-state index contributed by atoms with van der Waals surface area (Å²) < 4.78 is 114. The average Bonchev–Trinajstić information content (AvgIpc) is 3.44. The number of unbranched alkanes of at least 4 members (excludes halogenated alkanes) is 1. The number of rotatable bonds is 6. The summed E-state index contributed by atoms with van der Waals surface area (Å²) in [4.78, 5) is 14.8. The molecule has 47 heavy (non-hydrogen) atoms. The van der Waals surface area contributed by atoms with Crippen LogP contribution in [0.5, 0.6) is 5.75 Å². The van der Waals surface area contributed by atoms with E-state index in [4.69, 9.17) is 21.4 Å². The van der Waals surface area contributed by atoms with Crippen molar-refractivity contribution < 1.29 is 54.5 Å². The molecule has 1 saturated heterocycles. The minimum Gasteiger partial charge on any atom is -0.516 e. The van der Waals surface area contributed by atoms with Crippen LogP contribution >= 0.6 is 11.6 Å². The minimum atomic E-state index is -6.14. The summed E-state index contributed by atoms with van der Waals surface area (Å²) in [5.74, 6) is -1.12. The summed E-state index contributed by atoms with van der Waals surface area (Å²) in [5.41, 5.74) is -6.98. The third-order valence-electron chi connectivity index (χ3n) is 9.11. The molecule has 2 unspecified atom stereocenters. The van der Waals surface area contributed by atoms with Crippen molar-refractivity contribution in [1.82, 2.24) is 4.90 Å². The number of ether oxygens (including phenoxy) is 1. The van der Waals surface area contributed by atoms with E-state index < -0.39 is 56.5 Å². The quantitative estimate of drug-likeness (QED) is 0.235. The lowest BCUT2D eigenvalue weighted by Gasteiger charge is -2.43. The number of likely N-dealkylation sites (tertiary alicyclic amines) is 1. The highest BCUT2D eigenvalue weighted by Gasteiger charge is 2.72. The molecule has 15 heteroatoms. The highest BCUT2D eigenvalue weighted by molar-refractivity contribution is 7.92. The van der Waals surface area contributed by atoms with Crippen LogP contribution in [0.3, 0.4) is 0 Å². The van der Waals surface area contributed by atoms with Crippen LogP contribution in [0.2, 0.25) is 5.02 Å². The summed E-state index contributed by atoms with van der Waals surface area (Å²) in [6, 6.07) is 5.72. The number of allylic oxidation sites excluding steroid dienone is 1. The zero-order valence-electron chi connectivity index (χ0n) is 25.5. The monoisotopic (exact) mass is 711 g/mol. The zero-order chi connectivity index (χ0) is 34.8. The molecule has 7 nitrogen and oxygen atoms in total. The molecule has 2 aromatic carbocycles. The Morgan fingerprint density at radius 1 is 1.04 bits per heavy atom. The maximum absolute atomic E-state index is 14.4. The molecule has 2 heterocycles. The van der Waals surface area contributed by atoms with Crippen LogP contribution in [-0.4, -0.2) is 61.0 Å². The first-order valence-corrected chi connectivity index (χ1v) is 17.1. The number of amides is 1. The van der Waals surface area contributed by atoms with Crippen molar-refractivity contribution in [3.63, 3.8) is 0 Å². The molecule has 2 aliphatic heterocycles. The van der Waals surface area contributed by atoms with E-state index in [1.54, 1.807) is 6.08 Å². The Morgan fingerprint density at radius 3 is 2.19 bits per heavy atom. The second-order valence-corrected chi connectivity index (χ2v) is 14.5. The molecule has 1 aliphatic carbocycles. The standard InChI is InChI=1S/C27H26ClF6NO5S.C5H10O/c28-18-7-9-19(10-8-18)41(38,39)24-12-13-35(23(36)16-4-2-1-3-5-16)22(24)15-40-21-14-17(6-11-20(21)24)25(37,26(29,30)31)27(32,33)34;1-2-3-4-5-6/h6-11,14,16,22,37H,1-5,12-13,15H2;4-6H,2-3H2,1H3/b;5-4+. The number of benzene rings is 2. The van der Waals surface area contributed by atoms with Crippen molar-refractivity contribution in [2.24, 2.45) is 5.92 Å². The number of aliphatic hydroxyl groups excluding tert-OH is 1. The van der Waals surface area contributed by atoms with Crippen LogP contribution in [0, 0.1) is 5.92 Å². The van der Waals surface area contributed by atoms with E-state index in [1.165, 1.54) is 29.2 Å². The highest BCUT2D eigenvalue weighted by atomic mass is 35.5. The maximum Gasteiger partial charge on any atom is 0.430 e. The molecule has 5 rings (SSSR count). The van der Waals surface area contributed by atoms with E-state index in [-0.39, 0.29) is 40.3 Å². The molecule has 1 amide bonds. The van der Waals surface area contributed by atoms with E-state index in [0.717, 1.165) is 44.4 Å². The van der Waals surface area contributed by atoms with E-state index in [1.807, 2.05) is 0 Å². The van der Waals surface area contributed by atoms with Gasteiger partial charge in [0.05, 0.1) is 17.2 Å². The SMILES string of the molecule is CCC/C=C/O.O=C(C1CCCCC1)N1CCC2(S(=O)(=O)c3ccc(Cl)cc3)c3ccc(C(O)(C(F)(F)F)C(F)(F)F)cc3OCC12. The van der Waals surface area contributed by atoms with E-state index in [2.05, 4.69) is 6.92 Å². The molecule has 2 aromatic rings. The molecule has 2 atom stereocenters. The Bertz CT molecular complexity index is 1540. The fraction of sp³-hybridized carbons (Fsp3) is 0.531. The largest absolute Gasteiger partial charge is 0.516 e. The van der Waals surface area contributed by atoms with E-state index >= 15 is 0 Å². The molecule has 1 saturated carbocycles. The molecule has 0 spiro atoms. The summed E-state index contributed by atoms with van der Waals surface area (Å²) in [7, 11) is -4.43. The highest BCUT2D eigenvalue weighted by Crippen LogP contribution is 2.56. The Morgan fingerprint density at radius 2 is 1.66 bits per heavy atom. The second-order valence-electron chi connectivity index (χ2n) is 11.9. The predicted octanol–water partition coefficient (Wildman–Crippen LogP) is 7.75. The van der Waals surface area contributed by atoms with Crippen LogP contribution in [-0.2, 0) is 25.0 Å². The smallest absolute Gasteiger partial charge is 0.430 e. The summed E-state index contributed by atoms with van der Waals surface area (Å²) in [6.45, 7) is 1.57. The van der Waals surface area contributed by atoms with Crippen LogP contribution in [0.25, 0.3) is 0 Å². The summed E-state index contributed by atoms with van der Waals surface area (Å²) >= 11 is 5.95. The fourth-order valence-electron chi connectivity index (χ4n) is 6.64. The molecule has 2 fully saturated rings. The second kappa shape index (κ2) is 13.9. The van der Waals surface area contributed by atoms with Gasteiger partial charge in [-0.15, -0.1) is 0 Å². The van der Waals surface area contributed by atoms with Gasteiger partial charge in [-0.25, -0.2) is 8.42 Å². The van der Waals surface area contributed by atoms with Crippen molar-refractivity contribution >= 4 is 27.3 Å². The third kappa shape index (κ3) is 6.57. The first-order chi connectivity index (χ1) is 22.0. The normalized spacial score (nSPS) is 22.2. The molecule has 0 radical (unpaired) electrons. The number of hydrogen-bond acceptors (Lipinski definition) is 6. The van der Waals surface area contributed by atoms with Crippen LogP contribution in [0.1, 0.15) is 69.4 Å². The number of halogens is 7. The number of fused-ring (bicyclic) bond motifs is 3. The minimum absolute atomic E-state index is 0.00753. The van der Waals surface area contributed by atoms with Gasteiger partial charge in [0.25, 0.3) is 5.60 Å². The van der Waals surface area contributed by atoms with Gasteiger partial charge in [0, 0.05) is 28.6 Å². The Balaban J connectivity index is 0.000000762. The van der Waals surface area contributed by atoms with Gasteiger partial charge in [-0.1, -0.05) is 62.4 Å². The molecular formula is C32H36ClF6NO6S. The average molecular weight is 712 g/mol. The fourth-order valence-corrected chi connectivity index (χ4v) is 9.06. The van der Waals surface area contributed by atoms with Crippen LogP contribution < -0.4 is 4.74 Å². The lowest BCUT2D eigenvalue weighted by Crippen LogP contribution is -2.56. The molecular weight excluding hydrogens is 676 g/mol. The lowest BCUT2D eigenvalue weighted by molar-refractivity contribution is -0.376. The molecule has 3 aliphatic rings. The van der Waals surface area contributed by atoms with E-state index in [9.17, 15) is 44.7 Å². The van der Waals surface area contributed by atoms with Gasteiger partial charge in [0.1, 0.15) is 17.1 Å². The van der Waals surface area contributed by atoms with Gasteiger partial charge in [-0.05, 0) is 56.0 Å². The zero-order valence-corrected chi connectivity index (χ0v) is 27.0. The van der Waals surface area contributed by atoms with Crippen molar-refractivity contribution in [3.05, 3.63) is 71.0 Å². The molecule has 260 valence electrons. The third-order valence-corrected chi connectivity index (χ3v) is 11.9. The number of alkyl halides is 6. The van der Waals surface area contributed by atoms with Crippen molar-refractivity contribution in [2.45, 2.75) is 91.9 Å². The van der Waals surface area contributed by atoms with Gasteiger partial charge >= 0.3 is 12.4 Å². The van der Waals surface area contributed by atoms with Crippen molar-refractivity contribution in [3.8, 4) is 5.75 Å². The topological polar surface area (TPSA) is 104 Å². The first-order valence-electron chi connectivity index (χ1n) is 15.2. The number of hydrogen-bond donors (Lipinski definition) is 2. The number of carbonyl (C=O) groups is 1. The molecule has 2 N–H and O–H groups in total. The summed E-state index contributed by atoms with van der Waals surface area (Å²) in [5, 5.41) is 18.2. The van der Waals surface area contributed by atoms with E-state index in [0.29, 0.717) is 25.0 Å². The Labute approximate surface area is 274 Å². The van der Waals surface area contributed by atoms with Gasteiger partial charge in [0.2, 0.25) is 5.91 Å². The van der Waals surface area contributed by atoms with Gasteiger partial charge in [0.15, 0.2) is 9.84 Å². The summed E-state index contributed by atoms with van der Waals surface area (Å²) in [6.07, 6.45) is -3.61. The van der Waals surface area contributed by atoms with Gasteiger partial charge in [-0.2, -0.15) is 26.3 Å². The number of sulfone groups is 1. The molecule has 0 aromatic heterocycles. The Kier molecular flexibility index (Phi) is 10.9. The molecule has 0 bridgehead atoms. The van der Waals surface area contributed by atoms with Crippen molar-refractivity contribution in [2.75, 3.05) is 13.2 Å². The number of carbonyl (C=O) groups excluding carboxylic acids is 1. The van der Waals surface area contributed by atoms with Crippen molar-refractivity contribution in [1.29, 1.82) is 0 Å². The first kappa shape index (κ1) is 36.9. The van der Waals surface area contributed by atoms with Gasteiger partial charge in [-0.3, -0.25) is 4.79 Å². The number of nitrogens with zero attached hydrogens (tertiary/aromatic N) is 1. The lowest BCUT2D eigenvalue weighted by atomic mass is 9.84. The number of aliphatic hydroxyl groups is 2. The van der Waals surface area contributed by atoms with Gasteiger partial charge < -0.3 is 19.8 Å². The van der Waals surface area contributed by atoms with Crippen LogP contribution in [0.15, 0.2) is 59.7 Å². The Hall–Kier alpha value is -2.97.